The van der Waals surface area contributed by atoms with E-state index in [0.717, 1.165) is 19.4 Å². The minimum atomic E-state index is -0.312. The second kappa shape index (κ2) is 7.71. The number of Topliss-reactive ketones (excluding diaryl/α,β-unsaturated/α-hetero) is 1. The lowest BCUT2D eigenvalue weighted by Gasteiger charge is -2.27. The van der Waals surface area contributed by atoms with Gasteiger partial charge in [0.15, 0.2) is 12.4 Å². The van der Waals surface area contributed by atoms with Crippen molar-refractivity contribution in [3.63, 3.8) is 0 Å². The van der Waals surface area contributed by atoms with E-state index < -0.39 is 0 Å². The average Bonchev–Trinajstić information content (AvgIpc) is 2.59. The maximum absolute atomic E-state index is 12.0. The Balaban J connectivity index is 1.85. The van der Waals surface area contributed by atoms with Gasteiger partial charge < -0.3 is 10.1 Å². The summed E-state index contributed by atoms with van der Waals surface area (Å²) in [4.78, 5) is 24.0. The number of carbonyl (C=O) groups excluding carboxylic acids is 2. The molecular weight excluding hydrogens is 280 g/mol. The third-order valence-electron chi connectivity index (χ3n) is 4.03. The van der Waals surface area contributed by atoms with Crippen LogP contribution in [0.4, 0.5) is 0 Å². The molecule has 1 heterocycles. The highest BCUT2D eigenvalue weighted by Crippen LogP contribution is 2.20. The van der Waals surface area contributed by atoms with Gasteiger partial charge in [-0.25, -0.2) is 0 Å². The number of benzene rings is 1. The molecular formula is C17H20N2O3. The van der Waals surface area contributed by atoms with Gasteiger partial charge in [0.25, 0.3) is 0 Å². The van der Waals surface area contributed by atoms with E-state index in [9.17, 15) is 9.59 Å². The number of nitriles is 1. The molecule has 2 rings (SSSR count). The van der Waals surface area contributed by atoms with E-state index in [1.165, 1.54) is 0 Å². The minimum Gasteiger partial charge on any atom is -0.457 e. The van der Waals surface area contributed by atoms with Crippen LogP contribution in [0.2, 0.25) is 0 Å². The highest BCUT2D eigenvalue weighted by molar-refractivity contribution is 5.98. The van der Waals surface area contributed by atoms with Crippen LogP contribution < -0.4 is 5.32 Å². The molecule has 0 radical (unpaired) electrons. The van der Waals surface area contributed by atoms with Crippen LogP contribution in [0.1, 0.15) is 35.7 Å². The maximum Gasteiger partial charge on any atom is 0.310 e. The highest BCUT2D eigenvalue weighted by Gasteiger charge is 2.27. The molecule has 0 saturated carbocycles. The molecule has 1 fully saturated rings. The first-order valence-electron chi connectivity index (χ1n) is 7.54. The van der Waals surface area contributed by atoms with Crippen LogP contribution in [0.15, 0.2) is 24.3 Å². The Kier molecular flexibility index (Phi) is 5.68. The number of hydrogen-bond acceptors (Lipinski definition) is 5. The number of carbonyl (C=O) groups is 2. The van der Waals surface area contributed by atoms with E-state index in [-0.39, 0.29) is 24.3 Å². The molecule has 1 aromatic rings. The largest absolute Gasteiger partial charge is 0.457 e. The normalized spacial score (nSPS) is 20.9. The Hall–Kier alpha value is -2.19. The van der Waals surface area contributed by atoms with Crippen LogP contribution in [0.25, 0.3) is 0 Å². The Morgan fingerprint density at radius 2 is 2.05 bits per heavy atom. The van der Waals surface area contributed by atoms with Gasteiger partial charge in [0.2, 0.25) is 0 Å². The van der Waals surface area contributed by atoms with Crippen molar-refractivity contribution in [2.75, 3.05) is 19.7 Å². The van der Waals surface area contributed by atoms with E-state index in [4.69, 9.17) is 10.00 Å². The monoisotopic (exact) mass is 300 g/mol. The first-order chi connectivity index (χ1) is 10.6. The first-order valence-corrected chi connectivity index (χ1v) is 7.54. The molecule has 1 N–H and O–H groups in total. The number of nitrogens with one attached hydrogen (secondary N) is 1. The summed E-state index contributed by atoms with van der Waals surface area (Å²) in [6.07, 6.45) is 1.84. The average molecular weight is 300 g/mol. The molecule has 1 aromatic carbocycles. The van der Waals surface area contributed by atoms with Crippen LogP contribution in [-0.4, -0.2) is 31.4 Å². The van der Waals surface area contributed by atoms with Crippen molar-refractivity contribution in [1.29, 1.82) is 5.26 Å². The van der Waals surface area contributed by atoms with E-state index in [1.807, 2.05) is 6.07 Å². The third-order valence-corrected chi connectivity index (χ3v) is 4.03. The topological polar surface area (TPSA) is 79.2 Å². The minimum absolute atomic E-state index is 0.174. The number of nitrogens with zero attached hydrogens (tertiary/aromatic N) is 1. The molecule has 0 bridgehead atoms. The lowest BCUT2D eigenvalue weighted by atomic mass is 9.89. The van der Waals surface area contributed by atoms with Crippen LogP contribution >= 0.6 is 0 Å². The molecule has 5 nitrogen and oxygen atoms in total. The van der Waals surface area contributed by atoms with Crippen molar-refractivity contribution in [3.05, 3.63) is 35.4 Å². The molecule has 1 aliphatic rings. The summed E-state index contributed by atoms with van der Waals surface area (Å²) in [5.41, 5.74) is 0.937. The number of hydrogen-bond donors (Lipinski definition) is 1. The van der Waals surface area contributed by atoms with E-state index in [2.05, 4.69) is 12.2 Å². The molecule has 0 amide bonds. The zero-order valence-corrected chi connectivity index (χ0v) is 12.7. The quantitative estimate of drug-likeness (QED) is 0.664. The number of ketones is 1. The van der Waals surface area contributed by atoms with E-state index in [1.54, 1.807) is 24.3 Å². The Morgan fingerprint density at radius 3 is 2.68 bits per heavy atom. The molecule has 0 aromatic heterocycles. The third kappa shape index (κ3) is 4.15. The fourth-order valence-electron chi connectivity index (χ4n) is 2.59. The SMILES string of the molecule is CCC1CNCC(C(=O)OCC(=O)c2ccc(C#N)cc2)C1. The Labute approximate surface area is 130 Å². The molecule has 5 heteroatoms. The van der Waals surface area contributed by atoms with Crippen LogP contribution in [0.5, 0.6) is 0 Å². The highest BCUT2D eigenvalue weighted by atomic mass is 16.5. The number of ether oxygens (including phenoxy) is 1. The molecule has 2 atom stereocenters. The van der Waals surface area contributed by atoms with Gasteiger partial charge >= 0.3 is 5.97 Å². The van der Waals surface area contributed by atoms with E-state index >= 15 is 0 Å². The van der Waals surface area contributed by atoms with Gasteiger partial charge in [-0.2, -0.15) is 5.26 Å². The van der Waals surface area contributed by atoms with E-state index in [0.29, 0.717) is 23.6 Å². The molecule has 116 valence electrons. The van der Waals surface area contributed by atoms with Gasteiger partial charge in [-0.05, 0) is 43.1 Å². The standard InChI is InChI=1S/C17H20N2O3/c1-2-12-7-15(10-19-9-12)17(21)22-11-16(20)14-5-3-13(8-18)4-6-14/h3-6,12,15,19H,2,7,9-11H2,1H3. The van der Waals surface area contributed by atoms with Gasteiger partial charge in [-0.3, -0.25) is 9.59 Å². The van der Waals surface area contributed by atoms with Gasteiger partial charge in [0.1, 0.15) is 0 Å². The molecule has 1 aliphatic heterocycles. The van der Waals surface area contributed by atoms with Gasteiger partial charge in [0, 0.05) is 12.1 Å². The Morgan fingerprint density at radius 1 is 1.32 bits per heavy atom. The summed E-state index contributed by atoms with van der Waals surface area (Å²) in [7, 11) is 0. The molecule has 1 saturated heterocycles. The summed E-state index contributed by atoms with van der Waals surface area (Å²) in [6, 6.07) is 8.29. The zero-order chi connectivity index (χ0) is 15.9. The smallest absolute Gasteiger partial charge is 0.310 e. The Bertz CT molecular complexity index is 575. The summed E-state index contributed by atoms with van der Waals surface area (Å²) in [5.74, 6) is -0.255. The second-order valence-corrected chi connectivity index (χ2v) is 5.59. The van der Waals surface area contributed by atoms with Crippen molar-refractivity contribution < 1.29 is 14.3 Å². The molecule has 0 aliphatic carbocycles. The van der Waals surface area contributed by atoms with Crippen molar-refractivity contribution in [2.24, 2.45) is 11.8 Å². The molecule has 2 unspecified atom stereocenters. The lowest BCUT2D eigenvalue weighted by molar-refractivity contribution is -0.148. The molecule has 0 spiro atoms. The number of piperidine rings is 1. The van der Waals surface area contributed by atoms with Crippen molar-refractivity contribution in [1.82, 2.24) is 5.32 Å². The maximum atomic E-state index is 12.0. The second-order valence-electron chi connectivity index (χ2n) is 5.59. The van der Waals surface area contributed by atoms with Crippen molar-refractivity contribution in [3.8, 4) is 6.07 Å². The van der Waals surface area contributed by atoms with Gasteiger partial charge in [-0.15, -0.1) is 0 Å². The van der Waals surface area contributed by atoms with Crippen LogP contribution in [0.3, 0.4) is 0 Å². The van der Waals surface area contributed by atoms with Crippen molar-refractivity contribution in [2.45, 2.75) is 19.8 Å². The fraction of sp³-hybridized carbons (Fsp3) is 0.471. The predicted molar refractivity (Wildman–Crippen MR) is 81.2 cm³/mol. The van der Waals surface area contributed by atoms with Crippen LogP contribution in [-0.2, 0) is 9.53 Å². The predicted octanol–water partition coefficient (Wildman–Crippen LogP) is 1.92. The summed E-state index contributed by atoms with van der Waals surface area (Å²) >= 11 is 0. The lowest BCUT2D eigenvalue weighted by Crippen LogP contribution is -2.40. The van der Waals surface area contributed by atoms with Gasteiger partial charge in [0.05, 0.1) is 17.6 Å². The van der Waals surface area contributed by atoms with Gasteiger partial charge in [-0.1, -0.05) is 13.3 Å². The molecule has 22 heavy (non-hydrogen) atoms. The zero-order valence-electron chi connectivity index (χ0n) is 12.7. The van der Waals surface area contributed by atoms with Crippen molar-refractivity contribution >= 4 is 11.8 Å². The van der Waals surface area contributed by atoms with Crippen LogP contribution in [0, 0.1) is 23.2 Å². The summed E-state index contributed by atoms with van der Waals surface area (Å²) < 4.78 is 5.15. The summed E-state index contributed by atoms with van der Waals surface area (Å²) in [5, 5.41) is 12.0. The first kappa shape index (κ1) is 16.2. The summed E-state index contributed by atoms with van der Waals surface area (Å²) in [6.45, 7) is 3.40. The number of rotatable bonds is 5. The number of esters is 1. The fourth-order valence-corrected chi connectivity index (χ4v) is 2.59.